The van der Waals surface area contributed by atoms with Crippen molar-refractivity contribution in [3.05, 3.63) is 0 Å². The Morgan fingerprint density at radius 3 is 2.64 bits per heavy atom. The minimum absolute atomic E-state index is 0.139. The number of hydrogen-bond acceptors (Lipinski definition) is 3. The van der Waals surface area contributed by atoms with Gasteiger partial charge in [-0.05, 0) is 6.42 Å². The number of alkyl halides is 2. The lowest BCUT2D eigenvalue weighted by molar-refractivity contribution is 0.0631. The summed E-state index contributed by atoms with van der Waals surface area (Å²) in [5.41, 5.74) is 2.11. The van der Waals surface area contributed by atoms with Crippen LogP contribution in [0.4, 0.5) is 8.78 Å². The molecule has 0 spiro atoms. The van der Waals surface area contributed by atoms with Crippen LogP contribution >= 0.6 is 0 Å². The lowest BCUT2D eigenvalue weighted by Gasteiger charge is -2.19. The van der Waals surface area contributed by atoms with Crippen LogP contribution in [0.1, 0.15) is 6.42 Å². The summed E-state index contributed by atoms with van der Waals surface area (Å²) in [5, 5.41) is 0. The average molecular weight is 166 g/mol. The van der Waals surface area contributed by atoms with Gasteiger partial charge in [-0.15, -0.1) is 0 Å². The molecule has 1 heterocycles. The van der Waals surface area contributed by atoms with E-state index in [0.29, 0.717) is 19.6 Å². The molecule has 1 aliphatic heterocycles. The maximum absolute atomic E-state index is 12.2. The zero-order valence-electron chi connectivity index (χ0n) is 6.09. The molecule has 0 aromatic rings. The van der Waals surface area contributed by atoms with E-state index in [1.54, 1.807) is 0 Å². The molecule has 2 atom stereocenters. The van der Waals surface area contributed by atoms with Gasteiger partial charge in [0.05, 0.1) is 12.6 Å². The number of nitrogens with two attached hydrogens (primary N) is 1. The summed E-state index contributed by atoms with van der Waals surface area (Å²) in [5.74, 6) is 4.83. The van der Waals surface area contributed by atoms with Crippen molar-refractivity contribution in [3.63, 3.8) is 0 Å². The molecule has 11 heavy (non-hydrogen) atoms. The Kier molecular flexibility index (Phi) is 3.16. The minimum Gasteiger partial charge on any atom is -0.381 e. The van der Waals surface area contributed by atoms with Crippen LogP contribution in [0, 0.1) is 5.92 Å². The van der Waals surface area contributed by atoms with E-state index in [2.05, 4.69) is 5.43 Å². The standard InChI is InChI=1S/C6H12F2N2O/c7-6(8)5(10-9)4-1-2-11-3-4/h4-6,10H,1-3,9H2. The molecular weight excluding hydrogens is 154 g/mol. The van der Waals surface area contributed by atoms with Crippen molar-refractivity contribution in [1.29, 1.82) is 0 Å². The molecule has 0 aromatic carbocycles. The summed E-state index contributed by atoms with van der Waals surface area (Å²) in [6, 6.07) is -0.919. The molecule has 0 bridgehead atoms. The van der Waals surface area contributed by atoms with E-state index < -0.39 is 12.5 Å². The van der Waals surface area contributed by atoms with Gasteiger partial charge in [0.1, 0.15) is 0 Å². The molecule has 1 aliphatic rings. The van der Waals surface area contributed by atoms with Gasteiger partial charge in [-0.2, -0.15) is 0 Å². The van der Waals surface area contributed by atoms with Crippen molar-refractivity contribution in [2.24, 2.45) is 11.8 Å². The number of hydrogen-bond donors (Lipinski definition) is 2. The molecule has 1 saturated heterocycles. The molecule has 5 heteroatoms. The smallest absolute Gasteiger partial charge is 0.255 e. The first-order valence-corrected chi connectivity index (χ1v) is 3.57. The topological polar surface area (TPSA) is 47.3 Å². The lowest BCUT2D eigenvalue weighted by atomic mass is 10.0. The fourth-order valence-electron chi connectivity index (χ4n) is 1.25. The summed E-state index contributed by atoms with van der Waals surface area (Å²) >= 11 is 0. The van der Waals surface area contributed by atoms with E-state index >= 15 is 0 Å². The predicted octanol–water partition coefficient (Wildman–Crippen LogP) is 0.120. The molecule has 1 fully saturated rings. The van der Waals surface area contributed by atoms with E-state index in [4.69, 9.17) is 10.6 Å². The van der Waals surface area contributed by atoms with Crippen molar-refractivity contribution in [2.45, 2.75) is 18.9 Å². The fourth-order valence-corrected chi connectivity index (χ4v) is 1.25. The van der Waals surface area contributed by atoms with Crippen molar-refractivity contribution in [2.75, 3.05) is 13.2 Å². The molecule has 0 aliphatic carbocycles. The SMILES string of the molecule is NNC(C(F)F)C1CCOC1. The number of ether oxygens (including phenoxy) is 1. The van der Waals surface area contributed by atoms with E-state index in [1.165, 1.54) is 0 Å². The minimum atomic E-state index is -2.41. The molecule has 0 amide bonds. The van der Waals surface area contributed by atoms with Gasteiger partial charge in [-0.1, -0.05) is 0 Å². The van der Waals surface area contributed by atoms with Crippen LogP contribution in [0.2, 0.25) is 0 Å². The normalized spacial score (nSPS) is 27.8. The summed E-state index contributed by atoms with van der Waals surface area (Å²) in [4.78, 5) is 0. The van der Waals surface area contributed by atoms with Gasteiger partial charge < -0.3 is 4.74 Å². The molecule has 3 N–H and O–H groups in total. The van der Waals surface area contributed by atoms with Gasteiger partial charge in [-0.3, -0.25) is 11.3 Å². The summed E-state index contributed by atoms with van der Waals surface area (Å²) < 4.78 is 29.3. The van der Waals surface area contributed by atoms with Crippen molar-refractivity contribution in [1.82, 2.24) is 5.43 Å². The fraction of sp³-hybridized carbons (Fsp3) is 1.00. The zero-order chi connectivity index (χ0) is 8.27. The van der Waals surface area contributed by atoms with E-state index in [-0.39, 0.29) is 5.92 Å². The largest absolute Gasteiger partial charge is 0.381 e. The van der Waals surface area contributed by atoms with Gasteiger partial charge in [0.2, 0.25) is 0 Å². The Labute approximate surface area is 63.9 Å². The van der Waals surface area contributed by atoms with Gasteiger partial charge >= 0.3 is 0 Å². The van der Waals surface area contributed by atoms with Crippen LogP contribution in [0.15, 0.2) is 0 Å². The Bertz CT molecular complexity index is 117. The Balaban J connectivity index is 2.40. The van der Waals surface area contributed by atoms with Crippen LogP contribution in [-0.2, 0) is 4.74 Å². The number of hydrazine groups is 1. The molecule has 2 unspecified atom stereocenters. The van der Waals surface area contributed by atoms with Gasteiger partial charge in [0.15, 0.2) is 0 Å². The second-order valence-corrected chi connectivity index (χ2v) is 2.65. The Morgan fingerprint density at radius 1 is 1.55 bits per heavy atom. The third kappa shape index (κ3) is 2.08. The summed E-state index contributed by atoms with van der Waals surface area (Å²) in [7, 11) is 0. The highest BCUT2D eigenvalue weighted by Crippen LogP contribution is 2.20. The highest BCUT2D eigenvalue weighted by molar-refractivity contribution is 4.79. The van der Waals surface area contributed by atoms with Crippen LogP contribution in [0.3, 0.4) is 0 Å². The monoisotopic (exact) mass is 166 g/mol. The third-order valence-electron chi connectivity index (χ3n) is 1.94. The Hall–Kier alpha value is -0.260. The quantitative estimate of drug-likeness (QED) is 0.462. The van der Waals surface area contributed by atoms with E-state index in [1.807, 2.05) is 0 Å². The molecule has 0 aromatic heterocycles. The molecule has 66 valence electrons. The van der Waals surface area contributed by atoms with Crippen molar-refractivity contribution in [3.8, 4) is 0 Å². The van der Waals surface area contributed by atoms with Crippen LogP contribution in [0.5, 0.6) is 0 Å². The first kappa shape index (κ1) is 8.83. The second-order valence-electron chi connectivity index (χ2n) is 2.65. The van der Waals surface area contributed by atoms with Crippen LogP contribution in [-0.4, -0.2) is 25.7 Å². The maximum atomic E-state index is 12.2. The maximum Gasteiger partial charge on any atom is 0.255 e. The highest BCUT2D eigenvalue weighted by Gasteiger charge is 2.31. The molecule has 0 saturated carbocycles. The van der Waals surface area contributed by atoms with Gasteiger partial charge in [0, 0.05) is 12.5 Å². The first-order valence-electron chi connectivity index (χ1n) is 3.57. The molecule has 1 rings (SSSR count). The van der Waals surface area contributed by atoms with Gasteiger partial charge in [0.25, 0.3) is 6.43 Å². The van der Waals surface area contributed by atoms with E-state index in [0.717, 1.165) is 0 Å². The molecular formula is C6H12F2N2O. The van der Waals surface area contributed by atoms with E-state index in [9.17, 15) is 8.78 Å². The third-order valence-corrected chi connectivity index (χ3v) is 1.94. The van der Waals surface area contributed by atoms with Crippen molar-refractivity contribution < 1.29 is 13.5 Å². The first-order chi connectivity index (χ1) is 5.25. The second kappa shape index (κ2) is 3.94. The highest BCUT2D eigenvalue weighted by atomic mass is 19.3. The Morgan fingerprint density at radius 2 is 2.27 bits per heavy atom. The predicted molar refractivity (Wildman–Crippen MR) is 36.0 cm³/mol. The van der Waals surface area contributed by atoms with Gasteiger partial charge in [-0.25, -0.2) is 8.78 Å². The lowest BCUT2D eigenvalue weighted by Crippen LogP contribution is -2.46. The van der Waals surface area contributed by atoms with Crippen LogP contribution < -0.4 is 11.3 Å². The average Bonchev–Trinajstić information content (AvgIpc) is 2.40. The van der Waals surface area contributed by atoms with Crippen molar-refractivity contribution >= 4 is 0 Å². The van der Waals surface area contributed by atoms with Crippen LogP contribution in [0.25, 0.3) is 0 Å². The summed E-state index contributed by atoms with van der Waals surface area (Å²) in [6.07, 6.45) is -1.74. The molecule has 0 radical (unpaired) electrons. The number of halogens is 2. The summed E-state index contributed by atoms with van der Waals surface area (Å²) in [6.45, 7) is 0.953. The zero-order valence-corrected chi connectivity index (χ0v) is 6.09. The number of nitrogens with one attached hydrogen (secondary N) is 1. The molecule has 3 nitrogen and oxygen atoms in total. The number of rotatable bonds is 3.